The summed E-state index contributed by atoms with van der Waals surface area (Å²) in [4.78, 5) is 23.3. The van der Waals surface area contributed by atoms with Crippen LogP contribution in [0.1, 0.15) is 27.2 Å². The number of carbonyl (C=O) groups is 1. The Bertz CT molecular complexity index is 1370. The fraction of sp³-hybridized carbons (Fsp3) is 0.130. The Morgan fingerprint density at radius 1 is 1.03 bits per heavy atom. The number of benzene rings is 2. The minimum atomic E-state index is -0.202. The molecule has 0 atom stereocenters. The van der Waals surface area contributed by atoms with Gasteiger partial charge in [0, 0.05) is 29.9 Å². The van der Waals surface area contributed by atoms with Gasteiger partial charge in [-0.3, -0.25) is 9.78 Å². The predicted octanol–water partition coefficient (Wildman–Crippen LogP) is 3.22. The predicted molar refractivity (Wildman–Crippen MR) is 115 cm³/mol. The van der Waals surface area contributed by atoms with E-state index in [0.29, 0.717) is 24.4 Å². The van der Waals surface area contributed by atoms with E-state index >= 15 is 0 Å². The average molecular weight is 409 g/mol. The maximum Gasteiger partial charge on any atom is 0.274 e. The highest BCUT2D eigenvalue weighted by molar-refractivity contribution is 5.92. The van der Waals surface area contributed by atoms with Gasteiger partial charge in [0.15, 0.2) is 5.65 Å². The highest BCUT2D eigenvalue weighted by atomic mass is 16.2. The molecule has 0 saturated heterocycles. The van der Waals surface area contributed by atoms with Gasteiger partial charge in [0.2, 0.25) is 0 Å². The number of nitrogens with zero attached hydrogens (tertiary/aromatic N) is 7. The maximum atomic E-state index is 13.3. The summed E-state index contributed by atoms with van der Waals surface area (Å²) in [6.07, 6.45) is 4.56. The lowest BCUT2D eigenvalue weighted by atomic mass is 10.1. The molecule has 8 heteroatoms. The molecular formula is C23H19N7O. The van der Waals surface area contributed by atoms with Crippen LogP contribution in [0.4, 0.5) is 0 Å². The number of amides is 1. The van der Waals surface area contributed by atoms with Crippen molar-refractivity contribution in [1.82, 2.24) is 34.9 Å². The molecule has 0 saturated carbocycles. The molecule has 0 fully saturated rings. The van der Waals surface area contributed by atoms with Crippen LogP contribution in [-0.4, -0.2) is 40.8 Å². The van der Waals surface area contributed by atoms with Gasteiger partial charge in [0.25, 0.3) is 5.91 Å². The maximum absolute atomic E-state index is 13.3. The van der Waals surface area contributed by atoms with E-state index in [1.54, 1.807) is 15.6 Å². The summed E-state index contributed by atoms with van der Waals surface area (Å²) in [5.74, 6) is -0.202. The summed E-state index contributed by atoms with van der Waals surface area (Å²) in [5.41, 5.74) is 4.85. The standard InChI is InChI=1S/C23H19N7O/c1-16-6-5-9-18-12-19(22-26-27-28-30(22)21(16)18)15-29(14-17-7-3-2-4-8-17)23(31)20-13-24-10-11-25-20/h2-13H,14-15H2,1H3. The Morgan fingerprint density at radius 3 is 2.71 bits per heavy atom. The van der Waals surface area contributed by atoms with Crippen molar-refractivity contribution >= 4 is 22.5 Å². The normalized spacial score (nSPS) is 11.1. The molecule has 0 aliphatic heterocycles. The van der Waals surface area contributed by atoms with Crippen LogP contribution in [0.5, 0.6) is 0 Å². The van der Waals surface area contributed by atoms with Crippen LogP contribution < -0.4 is 0 Å². The van der Waals surface area contributed by atoms with Gasteiger partial charge in [-0.15, -0.1) is 5.10 Å². The molecule has 1 amide bonds. The molecule has 31 heavy (non-hydrogen) atoms. The first-order chi connectivity index (χ1) is 15.2. The lowest BCUT2D eigenvalue weighted by molar-refractivity contribution is 0.0724. The lowest BCUT2D eigenvalue weighted by Crippen LogP contribution is -2.31. The molecule has 3 heterocycles. The van der Waals surface area contributed by atoms with Crippen LogP contribution in [0.15, 0.2) is 73.2 Å². The number of hydrogen-bond acceptors (Lipinski definition) is 6. The van der Waals surface area contributed by atoms with E-state index in [-0.39, 0.29) is 5.91 Å². The van der Waals surface area contributed by atoms with Gasteiger partial charge in [-0.25, -0.2) is 4.98 Å². The van der Waals surface area contributed by atoms with Crippen molar-refractivity contribution in [3.63, 3.8) is 0 Å². The minimum absolute atomic E-state index is 0.202. The van der Waals surface area contributed by atoms with Crippen LogP contribution in [0.2, 0.25) is 0 Å². The van der Waals surface area contributed by atoms with Crippen molar-refractivity contribution < 1.29 is 4.79 Å². The number of aromatic nitrogens is 6. The summed E-state index contributed by atoms with van der Waals surface area (Å²) in [6, 6.07) is 18.0. The fourth-order valence-electron chi connectivity index (χ4n) is 3.77. The van der Waals surface area contributed by atoms with Gasteiger partial charge in [-0.2, -0.15) is 4.52 Å². The molecule has 5 rings (SSSR count). The third-order valence-corrected chi connectivity index (χ3v) is 5.21. The molecule has 0 spiro atoms. The smallest absolute Gasteiger partial charge is 0.274 e. The molecule has 0 aliphatic carbocycles. The zero-order valence-corrected chi connectivity index (χ0v) is 16.9. The molecule has 8 nitrogen and oxygen atoms in total. The third kappa shape index (κ3) is 3.59. The fourth-order valence-corrected chi connectivity index (χ4v) is 3.77. The van der Waals surface area contributed by atoms with E-state index in [2.05, 4.69) is 31.6 Å². The molecule has 152 valence electrons. The van der Waals surface area contributed by atoms with Gasteiger partial charge in [-0.05, 0) is 34.5 Å². The number of para-hydroxylation sites is 1. The van der Waals surface area contributed by atoms with E-state index in [1.165, 1.54) is 12.4 Å². The zero-order chi connectivity index (χ0) is 21.2. The highest BCUT2D eigenvalue weighted by Crippen LogP contribution is 2.24. The number of pyridine rings is 1. The quantitative estimate of drug-likeness (QED) is 0.443. The van der Waals surface area contributed by atoms with Crippen LogP contribution in [0, 0.1) is 6.92 Å². The van der Waals surface area contributed by atoms with Crippen molar-refractivity contribution in [2.75, 3.05) is 0 Å². The second kappa shape index (κ2) is 7.91. The van der Waals surface area contributed by atoms with Crippen LogP contribution in [-0.2, 0) is 13.1 Å². The largest absolute Gasteiger partial charge is 0.328 e. The Labute approximate surface area is 178 Å². The van der Waals surface area contributed by atoms with Gasteiger partial charge in [-0.1, -0.05) is 48.5 Å². The third-order valence-electron chi connectivity index (χ3n) is 5.21. The van der Waals surface area contributed by atoms with E-state index in [4.69, 9.17) is 0 Å². The average Bonchev–Trinajstić information content (AvgIpc) is 3.30. The second-order valence-corrected chi connectivity index (χ2v) is 7.33. The molecule has 0 N–H and O–H groups in total. The number of carbonyl (C=O) groups excluding carboxylic acids is 1. The van der Waals surface area contributed by atoms with Crippen molar-refractivity contribution in [1.29, 1.82) is 0 Å². The summed E-state index contributed by atoms with van der Waals surface area (Å²) in [7, 11) is 0. The first-order valence-corrected chi connectivity index (χ1v) is 9.89. The van der Waals surface area contributed by atoms with Gasteiger partial charge < -0.3 is 4.90 Å². The minimum Gasteiger partial charge on any atom is -0.328 e. The Kier molecular flexibility index (Phi) is 4.80. The van der Waals surface area contributed by atoms with Crippen molar-refractivity contribution in [3.8, 4) is 0 Å². The van der Waals surface area contributed by atoms with E-state index in [1.807, 2.05) is 55.5 Å². The summed E-state index contributed by atoms with van der Waals surface area (Å²) >= 11 is 0. The number of fused-ring (bicyclic) bond motifs is 3. The van der Waals surface area contributed by atoms with Crippen molar-refractivity contribution in [3.05, 3.63) is 95.6 Å². The second-order valence-electron chi connectivity index (χ2n) is 7.33. The molecule has 3 aromatic heterocycles. The zero-order valence-electron chi connectivity index (χ0n) is 16.9. The van der Waals surface area contributed by atoms with Crippen molar-refractivity contribution in [2.24, 2.45) is 0 Å². The first kappa shape index (κ1) is 18.8. The topological polar surface area (TPSA) is 89.2 Å². The summed E-state index contributed by atoms with van der Waals surface area (Å²) in [5, 5.41) is 13.3. The summed E-state index contributed by atoms with van der Waals surface area (Å²) in [6.45, 7) is 2.79. The Hall–Kier alpha value is -4.20. The number of tetrazole rings is 1. The highest BCUT2D eigenvalue weighted by Gasteiger charge is 2.21. The molecule has 0 aliphatic rings. The summed E-state index contributed by atoms with van der Waals surface area (Å²) < 4.78 is 1.74. The molecule has 2 aromatic carbocycles. The van der Waals surface area contributed by atoms with Crippen LogP contribution in [0.3, 0.4) is 0 Å². The molecule has 5 aromatic rings. The van der Waals surface area contributed by atoms with E-state index < -0.39 is 0 Å². The van der Waals surface area contributed by atoms with E-state index in [9.17, 15) is 4.79 Å². The van der Waals surface area contributed by atoms with Crippen LogP contribution in [0.25, 0.3) is 16.6 Å². The molecule has 0 radical (unpaired) electrons. The van der Waals surface area contributed by atoms with E-state index in [0.717, 1.165) is 27.6 Å². The molecular weight excluding hydrogens is 390 g/mol. The van der Waals surface area contributed by atoms with Gasteiger partial charge in [0.05, 0.1) is 18.3 Å². The Morgan fingerprint density at radius 2 is 1.90 bits per heavy atom. The first-order valence-electron chi connectivity index (χ1n) is 9.89. The van der Waals surface area contributed by atoms with Crippen molar-refractivity contribution in [2.45, 2.75) is 20.0 Å². The number of rotatable bonds is 5. The number of aryl methyl sites for hydroxylation is 1. The lowest BCUT2D eigenvalue weighted by Gasteiger charge is -2.23. The number of hydrogen-bond donors (Lipinski definition) is 0. The van der Waals surface area contributed by atoms with Gasteiger partial charge in [0.1, 0.15) is 5.69 Å². The monoisotopic (exact) mass is 409 g/mol. The van der Waals surface area contributed by atoms with Gasteiger partial charge >= 0.3 is 0 Å². The molecule has 0 unspecified atom stereocenters. The molecule has 0 bridgehead atoms. The van der Waals surface area contributed by atoms with Crippen LogP contribution >= 0.6 is 0 Å². The SMILES string of the molecule is Cc1cccc2cc(CN(Cc3ccccc3)C(=O)c3cnccn3)c3nnnn3c12. The Balaban J connectivity index is 1.59.